The van der Waals surface area contributed by atoms with E-state index in [0.29, 0.717) is 6.54 Å². The molecule has 0 bridgehead atoms. The highest BCUT2D eigenvalue weighted by Crippen LogP contribution is 2.14. The third kappa shape index (κ3) is 3.09. The maximum atomic E-state index is 12.1. The molecule has 100 valence electrons. The molecule has 1 aliphatic rings. The van der Waals surface area contributed by atoms with Gasteiger partial charge in [0.05, 0.1) is 0 Å². The molecule has 0 fully saturated rings. The number of rotatable bonds is 4. The standard InChI is InChI=1S/C13H14N2O4/c1-15(8-9-5-3-2-4-6-9)12(16)11-7-10(13(17)18)14-19-11/h2-6,11H,7-8H2,1H3,(H,17,18). The zero-order valence-electron chi connectivity index (χ0n) is 10.4. The Balaban J connectivity index is 1.92. The van der Waals surface area contributed by atoms with Crippen molar-refractivity contribution in [2.75, 3.05) is 7.05 Å². The summed E-state index contributed by atoms with van der Waals surface area (Å²) in [5.74, 6) is -1.43. The summed E-state index contributed by atoms with van der Waals surface area (Å²) in [6.07, 6.45) is -0.826. The van der Waals surface area contributed by atoms with E-state index >= 15 is 0 Å². The highest BCUT2D eigenvalue weighted by molar-refractivity contribution is 6.36. The van der Waals surface area contributed by atoms with Crippen molar-refractivity contribution < 1.29 is 19.5 Å². The van der Waals surface area contributed by atoms with E-state index in [4.69, 9.17) is 9.94 Å². The number of oxime groups is 1. The lowest BCUT2D eigenvalue weighted by Crippen LogP contribution is -2.36. The van der Waals surface area contributed by atoms with Gasteiger partial charge in [0.1, 0.15) is 0 Å². The molecule has 6 nitrogen and oxygen atoms in total. The van der Waals surface area contributed by atoms with Gasteiger partial charge < -0.3 is 14.8 Å². The Kier molecular flexibility index (Phi) is 3.79. The number of amides is 1. The van der Waals surface area contributed by atoms with Crippen LogP contribution in [0.15, 0.2) is 35.5 Å². The Bertz CT molecular complexity index is 513. The van der Waals surface area contributed by atoms with Gasteiger partial charge >= 0.3 is 5.97 Å². The molecule has 1 aliphatic heterocycles. The molecule has 0 spiro atoms. The van der Waals surface area contributed by atoms with E-state index < -0.39 is 12.1 Å². The van der Waals surface area contributed by atoms with Crippen molar-refractivity contribution >= 4 is 17.6 Å². The van der Waals surface area contributed by atoms with Gasteiger partial charge in [-0.25, -0.2) is 4.79 Å². The van der Waals surface area contributed by atoms with Gasteiger partial charge in [0.2, 0.25) is 6.10 Å². The number of nitrogens with zero attached hydrogens (tertiary/aromatic N) is 2. The Morgan fingerprint density at radius 3 is 2.68 bits per heavy atom. The summed E-state index contributed by atoms with van der Waals surface area (Å²) in [5, 5.41) is 12.1. The van der Waals surface area contributed by atoms with Gasteiger partial charge in [-0.05, 0) is 5.56 Å². The average molecular weight is 262 g/mol. The Morgan fingerprint density at radius 2 is 2.11 bits per heavy atom. The summed E-state index contributed by atoms with van der Waals surface area (Å²) in [6.45, 7) is 0.446. The van der Waals surface area contributed by atoms with Crippen LogP contribution in [0.2, 0.25) is 0 Å². The molecule has 0 radical (unpaired) electrons. The number of carboxylic acids is 1. The topological polar surface area (TPSA) is 79.2 Å². The van der Waals surface area contributed by atoms with Gasteiger partial charge in [0, 0.05) is 20.0 Å². The number of carbonyl (C=O) groups excluding carboxylic acids is 1. The molecule has 2 rings (SSSR count). The van der Waals surface area contributed by atoms with Gasteiger partial charge in [-0.3, -0.25) is 4.79 Å². The summed E-state index contributed by atoms with van der Waals surface area (Å²) in [7, 11) is 1.65. The quantitative estimate of drug-likeness (QED) is 0.873. The second kappa shape index (κ2) is 5.51. The lowest BCUT2D eigenvalue weighted by molar-refractivity contribution is -0.141. The number of hydrogen-bond donors (Lipinski definition) is 1. The largest absolute Gasteiger partial charge is 0.477 e. The highest BCUT2D eigenvalue weighted by atomic mass is 16.6. The number of benzene rings is 1. The molecule has 0 aromatic heterocycles. The van der Waals surface area contributed by atoms with Crippen LogP contribution in [0.5, 0.6) is 0 Å². The van der Waals surface area contributed by atoms with Crippen molar-refractivity contribution in [2.45, 2.75) is 19.1 Å². The molecule has 1 N–H and O–H groups in total. The molecular weight excluding hydrogens is 248 g/mol. The fourth-order valence-corrected chi connectivity index (χ4v) is 1.82. The van der Waals surface area contributed by atoms with E-state index in [1.165, 1.54) is 4.90 Å². The SMILES string of the molecule is CN(Cc1ccccc1)C(=O)C1CC(C(=O)O)=NO1. The third-order valence-corrected chi connectivity index (χ3v) is 2.83. The van der Waals surface area contributed by atoms with Crippen LogP contribution in [-0.2, 0) is 21.0 Å². The first-order valence-corrected chi connectivity index (χ1v) is 5.83. The van der Waals surface area contributed by atoms with Crippen LogP contribution in [0.3, 0.4) is 0 Å². The first-order chi connectivity index (χ1) is 9.08. The van der Waals surface area contributed by atoms with Crippen LogP contribution >= 0.6 is 0 Å². The van der Waals surface area contributed by atoms with Crippen LogP contribution in [0, 0.1) is 0 Å². The van der Waals surface area contributed by atoms with Crippen LogP contribution in [0.25, 0.3) is 0 Å². The molecule has 0 saturated carbocycles. The van der Waals surface area contributed by atoms with Crippen LogP contribution in [-0.4, -0.2) is 40.7 Å². The lowest BCUT2D eigenvalue weighted by atomic mass is 10.1. The number of likely N-dealkylation sites (N-methyl/N-ethyl adjacent to an activating group) is 1. The number of carbonyl (C=O) groups is 2. The predicted molar refractivity (Wildman–Crippen MR) is 67.5 cm³/mol. The van der Waals surface area contributed by atoms with E-state index in [9.17, 15) is 9.59 Å². The van der Waals surface area contributed by atoms with Gasteiger partial charge in [-0.15, -0.1) is 0 Å². The van der Waals surface area contributed by atoms with E-state index in [0.717, 1.165) is 5.56 Å². The molecule has 1 aromatic rings. The monoisotopic (exact) mass is 262 g/mol. The van der Waals surface area contributed by atoms with Gasteiger partial charge in [0.15, 0.2) is 5.71 Å². The molecule has 1 heterocycles. The van der Waals surface area contributed by atoms with Gasteiger partial charge in [-0.1, -0.05) is 35.5 Å². The Hall–Kier alpha value is -2.37. The lowest BCUT2D eigenvalue weighted by Gasteiger charge is -2.19. The first-order valence-electron chi connectivity index (χ1n) is 5.83. The first kappa shape index (κ1) is 13.1. The molecule has 1 aromatic carbocycles. The predicted octanol–water partition coefficient (Wildman–Crippen LogP) is 0.874. The van der Waals surface area contributed by atoms with Crippen LogP contribution in [0.4, 0.5) is 0 Å². The number of carboxylic acid groups (broad SMARTS) is 1. The second-order valence-corrected chi connectivity index (χ2v) is 4.32. The molecule has 6 heteroatoms. The molecule has 0 saturated heterocycles. The third-order valence-electron chi connectivity index (χ3n) is 2.83. The summed E-state index contributed by atoms with van der Waals surface area (Å²) in [5.41, 5.74) is 0.877. The van der Waals surface area contributed by atoms with Crippen LogP contribution < -0.4 is 0 Å². The molecule has 1 unspecified atom stereocenters. The van der Waals surface area contributed by atoms with Crippen molar-refractivity contribution in [1.82, 2.24) is 4.90 Å². The molecule has 1 atom stereocenters. The van der Waals surface area contributed by atoms with Crippen molar-refractivity contribution in [2.24, 2.45) is 5.16 Å². The number of hydrogen-bond acceptors (Lipinski definition) is 4. The zero-order valence-corrected chi connectivity index (χ0v) is 10.4. The molecular formula is C13H14N2O4. The minimum atomic E-state index is -1.15. The smallest absolute Gasteiger partial charge is 0.353 e. The minimum absolute atomic E-state index is 0.00724. The molecule has 19 heavy (non-hydrogen) atoms. The van der Waals surface area contributed by atoms with Crippen LogP contribution in [0.1, 0.15) is 12.0 Å². The fraction of sp³-hybridized carbons (Fsp3) is 0.308. The average Bonchev–Trinajstić information content (AvgIpc) is 2.88. The van der Waals surface area contributed by atoms with Crippen molar-refractivity contribution in [3.05, 3.63) is 35.9 Å². The summed E-state index contributed by atoms with van der Waals surface area (Å²) >= 11 is 0. The Labute approximate surface area is 110 Å². The maximum Gasteiger partial charge on any atom is 0.353 e. The number of aliphatic carboxylic acids is 1. The van der Waals surface area contributed by atoms with Crippen molar-refractivity contribution in [1.29, 1.82) is 0 Å². The van der Waals surface area contributed by atoms with E-state index in [-0.39, 0.29) is 18.0 Å². The molecule has 1 amide bonds. The van der Waals surface area contributed by atoms with Crippen molar-refractivity contribution in [3.63, 3.8) is 0 Å². The van der Waals surface area contributed by atoms with Gasteiger partial charge in [0.25, 0.3) is 5.91 Å². The van der Waals surface area contributed by atoms with Crippen molar-refractivity contribution in [3.8, 4) is 0 Å². The fourth-order valence-electron chi connectivity index (χ4n) is 1.82. The van der Waals surface area contributed by atoms with E-state index in [1.54, 1.807) is 7.05 Å². The highest BCUT2D eigenvalue weighted by Gasteiger charge is 2.33. The minimum Gasteiger partial charge on any atom is -0.477 e. The summed E-state index contributed by atoms with van der Waals surface area (Å²) in [6, 6.07) is 9.52. The zero-order chi connectivity index (χ0) is 13.8. The summed E-state index contributed by atoms with van der Waals surface area (Å²) < 4.78 is 0. The van der Waals surface area contributed by atoms with E-state index in [2.05, 4.69) is 5.16 Å². The van der Waals surface area contributed by atoms with Gasteiger partial charge in [-0.2, -0.15) is 0 Å². The van der Waals surface area contributed by atoms with E-state index in [1.807, 2.05) is 30.3 Å². The maximum absolute atomic E-state index is 12.1. The molecule has 0 aliphatic carbocycles. The Morgan fingerprint density at radius 1 is 1.42 bits per heavy atom. The normalized spacial score (nSPS) is 17.5. The summed E-state index contributed by atoms with van der Waals surface area (Å²) in [4.78, 5) is 29.1. The second-order valence-electron chi connectivity index (χ2n) is 4.32.